The summed E-state index contributed by atoms with van der Waals surface area (Å²) in [6, 6.07) is 9.88. The van der Waals surface area contributed by atoms with Gasteiger partial charge in [0.2, 0.25) is 0 Å². The molecule has 0 aromatic heterocycles. The Morgan fingerprint density at radius 1 is 1.06 bits per heavy atom. The molecule has 1 spiro atoms. The van der Waals surface area contributed by atoms with Gasteiger partial charge in [-0.1, -0.05) is 59.0 Å². The number of hydrogen-bond acceptors (Lipinski definition) is 3. The zero-order valence-electron chi connectivity index (χ0n) is 17.3. The Kier molecular flexibility index (Phi) is 6.19. The van der Waals surface area contributed by atoms with Gasteiger partial charge in [0.25, 0.3) is 0 Å². The highest BCUT2D eigenvalue weighted by atomic mass is 127. The molecular formula is C27H25IO3. The number of phenols is 1. The van der Waals surface area contributed by atoms with E-state index in [-0.39, 0.29) is 17.6 Å². The summed E-state index contributed by atoms with van der Waals surface area (Å²) >= 11 is 2.34. The van der Waals surface area contributed by atoms with Gasteiger partial charge in [0.15, 0.2) is 5.78 Å². The van der Waals surface area contributed by atoms with E-state index in [2.05, 4.69) is 47.9 Å². The number of allylic oxidation sites excluding steroid dienone is 6. The Hall–Kier alpha value is -2.60. The van der Waals surface area contributed by atoms with Crippen LogP contribution in [0, 0.1) is 0 Å². The van der Waals surface area contributed by atoms with Crippen molar-refractivity contribution in [2.75, 3.05) is 4.43 Å². The van der Waals surface area contributed by atoms with Crippen LogP contribution in [-0.2, 0) is 23.1 Å². The first kappa shape index (κ1) is 21.6. The van der Waals surface area contributed by atoms with E-state index in [1.807, 2.05) is 36.4 Å². The molecule has 1 aliphatic carbocycles. The largest absolute Gasteiger partial charge is 0.507 e. The fourth-order valence-corrected chi connectivity index (χ4v) is 4.90. The Balaban J connectivity index is 1.99. The van der Waals surface area contributed by atoms with Crippen molar-refractivity contribution in [1.29, 1.82) is 0 Å². The number of ketones is 1. The van der Waals surface area contributed by atoms with Gasteiger partial charge in [-0.25, -0.2) is 0 Å². The van der Waals surface area contributed by atoms with Crippen molar-refractivity contribution < 1.29 is 14.6 Å². The summed E-state index contributed by atoms with van der Waals surface area (Å²) in [5, 5.41) is 10.8. The summed E-state index contributed by atoms with van der Waals surface area (Å²) in [6.07, 6.45) is 13.2. The normalized spacial score (nSPS) is 18.5. The minimum Gasteiger partial charge on any atom is -0.507 e. The van der Waals surface area contributed by atoms with Crippen LogP contribution in [0.4, 0.5) is 0 Å². The summed E-state index contributed by atoms with van der Waals surface area (Å²) in [4.78, 5) is 11.9. The topological polar surface area (TPSA) is 46.5 Å². The SMILES string of the molecule is C=CCc1ccc(O)c(-c2cc(CC=C)cc3c2OC(CI)CC32C=CC(=O)C=C2)c1. The zero-order chi connectivity index (χ0) is 22.0. The lowest BCUT2D eigenvalue weighted by atomic mass is 9.70. The van der Waals surface area contributed by atoms with Crippen molar-refractivity contribution in [3.05, 3.63) is 96.6 Å². The van der Waals surface area contributed by atoms with Crippen molar-refractivity contribution in [3.63, 3.8) is 0 Å². The predicted octanol–water partition coefficient (Wildman–Crippen LogP) is 6.04. The highest BCUT2D eigenvalue weighted by molar-refractivity contribution is 14.1. The molecule has 2 aromatic rings. The van der Waals surface area contributed by atoms with Crippen LogP contribution in [0.2, 0.25) is 0 Å². The van der Waals surface area contributed by atoms with Gasteiger partial charge in [0.1, 0.15) is 17.6 Å². The fraction of sp³-hybridized carbons (Fsp3) is 0.222. The van der Waals surface area contributed by atoms with Crippen molar-refractivity contribution in [2.24, 2.45) is 0 Å². The van der Waals surface area contributed by atoms with Gasteiger partial charge in [-0.3, -0.25) is 4.79 Å². The van der Waals surface area contributed by atoms with Crippen molar-refractivity contribution in [3.8, 4) is 22.6 Å². The van der Waals surface area contributed by atoms with E-state index >= 15 is 0 Å². The maximum atomic E-state index is 11.9. The van der Waals surface area contributed by atoms with Gasteiger partial charge in [0, 0.05) is 33.0 Å². The average Bonchev–Trinajstić information content (AvgIpc) is 2.77. The molecule has 3 nitrogen and oxygen atoms in total. The summed E-state index contributed by atoms with van der Waals surface area (Å²) in [7, 11) is 0. The number of alkyl halides is 1. The van der Waals surface area contributed by atoms with Crippen LogP contribution in [-0.4, -0.2) is 21.4 Å². The second-order valence-corrected chi connectivity index (χ2v) is 8.95. The lowest BCUT2D eigenvalue weighted by Crippen LogP contribution is -2.38. The van der Waals surface area contributed by atoms with Crippen molar-refractivity contribution in [1.82, 2.24) is 0 Å². The third-order valence-electron chi connectivity index (χ3n) is 5.87. The molecule has 1 aliphatic heterocycles. The van der Waals surface area contributed by atoms with Crippen molar-refractivity contribution in [2.45, 2.75) is 30.8 Å². The molecule has 0 saturated carbocycles. The van der Waals surface area contributed by atoms with Crippen LogP contribution in [0.5, 0.6) is 11.5 Å². The second kappa shape index (κ2) is 8.87. The van der Waals surface area contributed by atoms with Crippen LogP contribution >= 0.6 is 22.6 Å². The van der Waals surface area contributed by atoms with Crippen LogP contribution in [0.25, 0.3) is 11.1 Å². The standard InChI is InChI=1S/C27H25IO3/c1-3-5-18-7-8-25(30)22(13-18)23-14-19(6-4-2)15-24-26(23)31-21(17-28)16-27(24)11-9-20(29)10-12-27/h3-4,7-15,21,30H,1-2,5-6,16-17H2. The highest BCUT2D eigenvalue weighted by Crippen LogP contribution is 2.50. The summed E-state index contributed by atoms with van der Waals surface area (Å²) in [5.41, 5.74) is 4.39. The van der Waals surface area contributed by atoms with E-state index in [0.29, 0.717) is 6.42 Å². The number of ether oxygens (including phenoxy) is 1. The first-order valence-electron chi connectivity index (χ1n) is 10.4. The lowest BCUT2D eigenvalue weighted by molar-refractivity contribution is -0.110. The minimum atomic E-state index is -0.405. The van der Waals surface area contributed by atoms with Gasteiger partial charge in [-0.2, -0.15) is 0 Å². The van der Waals surface area contributed by atoms with E-state index in [4.69, 9.17) is 4.74 Å². The monoisotopic (exact) mass is 524 g/mol. The maximum absolute atomic E-state index is 11.9. The minimum absolute atomic E-state index is 0.00175. The number of carbonyl (C=O) groups is 1. The van der Waals surface area contributed by atoms with Gasteiger partial charge < -0.3 is 9.84 Å². The van der Waals surface area contributed by atoms with Gasteiger partial charge in [-0.05, 0) is 54.3 Å². The molecule has 0 fully saturated rings. The second-order valence-electron chi connectivity index (χ2n) is 8.06. The Bertz CT molecular complexity index is 1090. The molecule has 2 aliphatic rings. The lowest BCUT2D eigenvalue weighted by Gasteiger charge is -2.40. The molecule has 158 valence electrons. The van der Waals surface area contributed by atoms with E-state index < -0.39 is 5.41 Å². The molecule has 1 unspecified atom stereocenters. The third kappa shape index (κ3) is 4.13. The molecule has 0 amide bonds. The molecule has 0 bridgehead atoms. The van der Waals surface area contributed by atoms with Crippen molar-refractivity contribution >= 4 is 28.4 Å². The molecule has 0 saturated heterocycles. The molecule has 4 rings (SSSR count). The zero-order valence-corrected chi connectivity index (χ0v) is 19.5. The number of hydrogen-bond donors (Lipinski definition) is 1. The molecule has 31 heavy (non-hydrogen) atoms. The first-order chi connectivity index (χ1) is 15.0. The quantitative estimate of drug-likeness (QED) is 0.285. The molecule has 4 heteroatoms. The van der Waals surface area contributed by atoms with Crippen LogP contribution < -0.4 is 4.74 Å². The van der Waals surface area contributed by atoms with Gasteiger partial charge >= 0.3 is 0 Å². The molecule has 0 radical (unpaired) electrons. The maximum Gasteiger partial charge on any atom is 0.178 e. The first-order valence-corrected chi connectivity index (χ1v) is 11.9. The van der Waals surface area contributed by atoms with Crippen LogP contribution in [0.1, 0.15) is 23.1 Å². The van der Waals surface area contributed by atoms with Gasteiger partial charge in [0.05, 0.1) is 0 Å². The number of benzene rings is 2. The Morgan fingerprint density at radius 3 is 2.42 bits per heavy atom. The van der Waals surface area contributed by atoms with Crippen LogP contribution in [0.15, 0.2) is 79.9 Å². The van der Waals surface area contributed by atoms with E-state index in [1.54, 1.807) is 18.2 Å². The average molecular weight is 524 g/mol. The summed E-state index contributed by atoms with van der Waals surface area (Å²) in [6.45, 7) is 7.73. The smallest absolute Gasteiger partial charge is 0.178 e. The fourth-order valence-electron chi connectivity index (χ4n) is 4.41. The Labute approximate surface area is 197 Å². The van der Waals surface area contributed by atoms with E-state index in [0.717, 1.165) is 50.8 Å². The number of aromatic hydroxyl groups is 1. The van der Waals surface area contributed by atoms with E-state index in [1.165, 1.54) is 0 Å². The van der Waals surface area contributed by atoms with E-state index in [9.17, 15) is 9.90 Å². The summed E-state index contributed by atoms with van der Waals surface area (Å²) in [5.74, 6) is 0.988. The molecule has 2 aromatic carbocycles. The molecular weight excluding hydrogens is 499 g/mol. The third-order valence-corrected chi connectivity index (χ3v) is 6.86. The van der Waals surface area contributed by atoms with Gasteiger partial charge in [-0.15, -0.1) is 13.2 Å². The molecule has 1 atom stereocenters. The number of halogens is 1. The molecule has 1 heterocycles. The highest BCUT2D eigenvalue weighted by Gasteiger charge is 2.40. The van der Waals surface area contributed by atoms with Crippen LogP contribution in [0.3, 0.4) is 0 Å². The predicted molar refractivity (Wildman–Crippen MR) is 134 cm³/mol. The number of fused-ring (bicyclic) bond motifs is 2. The Morgan fingerprint density at radius 2 is 1.74 bits per heavy atom. The number of rotatable bonds is 6. The molecule has 1 N–H and O–H groups in total. The number of carbonyl (C=O) groups excluding carboxylic acids is 1. The summed E-state index contributed by atoms with van der Waals surface area (Å²) < 4.78 is 7.32. The number of phenolic OH excluding ortho intramolecular Hbond substituents is 1.